The lowest BCUT2D eigenvalue weighted by Crippen LogP contribution is -1.85. The van der Waals surface area contributed by atoms with Crippen molar-refractivity contribution >= 4 is 21.6 Å². The Morgan fingerprint density at radius 3 is 2.56 bits per heavy atom. The van der Waals surface area contributed by atoms with Gasteiger partial charge in [-0.15, -0.1) is 0 Å². The van der Waals surface area contributed by atoms with Gasteiger partial charge in [0.15, 0.2) is 4.67 Å². The lowest BCUT2D eigenvalue weighted by atomic mass is 10.2. The zero-order valence-electron chi connectivity index (χ0n) is 9.13. The molecule has 0 aliphatic heterocycles. The fraction of sp³-hybridized carbons (Fsp3) is 0. The van der Waals surface area contributed by atoms with Gasteiger partial charge in [-0.25, -0.2) is 0 Å². The van der Waals surface area contributed by atoms with E-state index in [9.17, 15) is 0 Å². The first-order valence-electron chi connectivity index (χ1n) is 5.17. The fourth-order valence-electron chi connectivity index (χ4n) is 1.53. The van der Waals surface area contributed by atoms with Crippen molar-refractivity contribution in [3.63, 3.8) is 0 Å². The Morgan fingerprint density at radius 2 is 1.89 bits per heavy atom. The molecule has 0 saturated carbocycles. The zero-order valence-corrected chi connectivity index (χ0v) is 10.7. The van der Waals surface area contributed by atoms with Crippen molar-refractivity contribution in [3.8, 4) is 22.8 Å². The summed E-state index contributed by atoms with van der Waals surface area (Å²) in [6.07, 6.45) is 1.55. The number of nitrogen functional groups attached to an aromatic ring is 1. The third-order valence-electron chi connectivity index (χ3n) is 2.44. The number of nitrogens with zero attached hydrogens (tertiary/aromatic N) is 2. The number of benzene rings is 1. The molecule has 90 valence electrons. The van der Waals surface area contributed by atoms with Crippen molar-refractivity contribution in [3.05, 3.63) is 41.3 Å². The number of hydrogen-bond donors (Lipinski definition) is 1. The molecular weight excluding hydrogens is 298 g/mol. The average molecular weight is 306 g/mol. The van der Waals surface area contributed by atoms with Crippen LogP contribution >= 0.6 is 15.9 Å². The summed E-state index contributed by atoms with van der Waals surface area (Å²) in [5, 5.41) is 3.92. The summed E-state index contributed by atoms with van der Waals surface area (Å²) in [5.41, 5.74) is 7.89. The highest BCUT2D eigenvalue weighted by atomic mass is 79.9. The Balaban J connectivity index is 1.99. The SMILES string of the molecule is Nc1ccc(-c2noc(-c3ccoc3Br)n2)cc1. The third-order valence-corrected chi connectivity index (χ3v) is 3.06. The molecule has 3 aromatic rings. The molecule has 2 heterocycles. The van der Waals surface area contributed by atoms with Gasteiger partial charge in [-0.05, 0) is 46.3 Å². The number of hydrogen-bond acceptors (Lipinski definition) is 5. The van der Waals surface area contributed by atoms with Crippen LogP contribution in [0.15, 0.2) is 50.2 Å². The Hall–Kier alpha value is -2.08. The second kappa shape index (κ2) is 4.30. The number of rotatable bonds is 2. The maximum absolute atomic E-state index is 5.62. The van der Waals surface area contributed by atoms with Crippen molar-refractivity contribution in [2.24, 2.45) is 0 Å². The molecule has 0 bridgehead atoms. The van der Waals surface area contributed by atoms with Crippen molar-refractivity contribution in [1.82, 2.24) is 10.1 Å². The lowest BCUT2D eigenvalue weighted by molar-refractivity contribution is 0.431. The van der Waals surface area contributed by atoms with E-state index in [4.69, 9.17) is 14.7 Å². The van der Waals surface area contributed by atoms with Crippen molar-refractivity contribution < 1.29 is 8.94 Å². The van der Waals surface area contributed by atoms with E-state index < -0.39 is 0 Å². The molecule has 0 amide bonds. The summed E-state index contributed by atoms with van der Waals surface area (Å²) in [6.45, 7) is 0. The fourth-order valence-corrected chi connectivity index (χ4v) is 1.94. The van der Waals surface area contributed by atoms with Crippen LogP contribution in [0, 0.1) is 0 Å². The summed E-state index contributed by atoms with van der Waals surface area (Å²) in [6, 6.07) is 9.02. The normalized spacial score (nSPS) is 10.7. The molecule has 5 nitrogen and oxygen atoms in total. The maximum Gasteiger partial charge on any atom is 0.262 e. The summed E-state index contributed by atoms with van der Waals surface area (Å²) in [4.78, 5) is 4.30. The van der Waals surface area contributed by atoms with E-state index in [1.54, 1.807) is 24.5 Å². The summed E-state index contributed by atoms with van der Waals surface area (Å²) >= 11 is 3.27. The van der Waals surface area contributed by atoms with Gasteiger partial charge in [-0.1, -0.05) is 5.16 Å². The first-order chi connectivity index (χ1) is 8.74. The average Bonchev–Trinajstić information content (AvgIpc) is 2.98. The second-order valence-electron chi connectivity index (χ2n) is 3.65. The van der Waals surface area contributed by atoms with Gasteiger partial charge < -0.3 is 14.7 Å². The second-order valence-corrected chi connectivity index (χ2v) is 4.37. The first kappa shape index (κ1) is 11.0. The molecule has 0 unspecified atom stereocenters. The van der Waals surface area contributed by atoms with Crippen LogP contribution in [0.4, 0.5) is 5.69 Å². The standard InChI is InChI=1S/C12H8BrN3O2/c13-10-9(5-6-17-10)12-15-11(16-18-12)7-1-3-8(14)4-2-7/h1-6H,14H2. The number of furan rings is 1. The van der Waals surface area contributed by atoms with Gasteiger partial charge >= 0.3 is 0 Å². The van der Waals surface area contributed by atoms with Gasteiger partial charge in [0.05, 0.1) is 11.8 Å². The van der Waals surface area contributed by atoms with Gasteiger partial charge in [0, 0.05) is 11.3 Å². The molecule has 2 aromatic heterocycles. The monoisotopic (exact) mass is 305 g/mol. The molecule has 0 spiro atoms. The topological polar surface area (TPSA) is 78.1 Å². The van der Waals surface area contributed by atoms with E-state index in [0.29, 0.717) is 22.1 Å². The molecule has 0 aliphatic rings. The van der Waals surface area contributed by atoms with Crippen LogP contribution in [-0.4, -0.2) is 10.1 Å². The molecule has 0 saturated heterocycles. The van der Waals surface area contributed by atoms with Crippen LogP contribution in [0.3, 0.4) is 0 Å². The van der Waals surface area contributed by atoms with Crippen LogP contribution < -0.4 is 5.73 Å². The molecule has 0 radical (unpaired) electrons. The highest BCUT2D eigenvalue weighted by molar-refractivity contribution is 9.10. The number of nitrogens with two attached hydrogens (primary N) is 1. The predicted molar refractivity (Wildman–Crippen MR) is 69.5 cm³/mol. The number of aromatic nitrogens is 2. The van der Waals surface area contributed by atoms with E-state index in [0.717, 1.165) is 11.1 Å². The Morgan fingerprint density at radius 1 is 1.11 bits per heavy atom. The van der Waals surface area contributed by atoms with Crippen LogP contribution in [-0.2, 0) is 0 Å². The van der Waals surface area contributed by atoms with Crippen molar-refractivity contribution in [2.75, 3.05) is 5.73 Å². The Kier molecular flexibility index (Phi) is 2.64. The Labute approximate surface area is 111 Å². The molecule has 0 aliphatic carbocycles. The maximum atomic E-state index is 5.62. The van der Waals surface area contributed by atoms with Crippen molar-refractivity contribution in [1.29, 1.82) is 0 Å². The minimum Gasteiger partial charge on any atom is -0.457 e. The highest BCUT2D eigenvalue weighted by Crippen LogP contribution is 2.29. The van der Waals surface area contributed by atoms with Crippen LogP contribution in [0.2, 0.25) is 0 Å². The molecule has 0 atom stereocenters. The molecule has 18 heavy (non-hydrogen) atoms. The summed E-state index contributed by atoms with van der Waals surface area (Å²) in [7, 11) is 0. The smallest absolute Gasteiger partial charge is 0.262 e. The largest absolute Gasteiger partial charge is 0.457 e. The van der Waals surface area contributed by atoms with Gasteiger partial charge in [0.1, 0.15) is 0 Å². The molecule has 0 fully saturated rings. The number of halogens is 1. The van der Waals surface area contributed by atoms with Crippen LogP contribution in [0.5, 0.6) is 0 Å². The molecule has 6 heteroatoms. The minimum absolute atomic E-state index is 0.405. The van der Waals surface area contributed by atoms with Gasteiger partial charge in [0.25, 0.3) is 5.89 Å². The Bertz CT molecular complexity index is 673. The summed E-state index contributed by atoms with van der Waals surface area (Å²) < 4.78 is 10.9. The van der Waals surface area contributed by atoms with Gasteiger partial charge in [0.2, 0.25) is 5.82 Å². The quantitative estimate of drug-likeness (QED) is 0.735. The lowest BCUT2D eigenvalue weighted by Gasteiger charge is -1.94. The summed E-state index contributed by atoms with van der Waals surface area (Å²) in [5.74, 6) is 0.917. The molecule has 1 aromatic carbocycles. The van der Waals surface area contributed by atoms with E-state index >= 15 is 0 Å². The van der Waals surface area contributed by atoms with Crippen molar-refractivity contribution in [2.45, 2.75) is 0 Å². The van der Waals surface area contributed by atoms with Crippen LogP contribution in [0.1, 0.15) is 0 Å². The van der Waals surface area contributed by atoms with E-state index in [2.05, 4.69) is 26.1 Å². The first-order valence-corrected chi connectivity index (χ1v) is 5.96. The molecule has 3 rings (SSSR count). The van der Waals surface area contributed by atoms with E-state index in [1.165, 1.54) is 0 Å². The predicted octanol–water partition coefficient (Wildman–Crippen LogP) is 3.34. The molecule has 2 N–H and O–H groups in total. The number of anilines is 1. The zero-order chi connectivity index (χ0) is 12.5. The third kappa shape index (κ3) is 1.91. The van der Waals surface area contributed by atoms with E-state index in [-0.39, 0.29) is 0 Å². The molecular formula is C12H8BrN3O2. The minimum atomic E-state index is 0.405. The highest BCUT2D eigenvalue weighted by Gasteiger charge is 2.14. The van der Waals surface area contributed by atoms with Gasteiger partial charge in [-0.3, -0.25) is 0 Å². The van der Waals surface area contributed by atoms with Gasteiger partial charge in [-0.2, -0.15) is 4.98 Å². The van der Waals surface area contributed by atoms with Crippen LogP contribution in [0.25, 0.3) is 22.8 Å². The van der Waals surface area contributed by atoms with E-state index in [1.807, 2.05) is 12.1 Å².